The predicted octanol–water partition coefficient (Wildman–Crippen LogP) is 6.82. The number of thiazole rings is 1. The summed E-state index contributed by atoms with van der Waals surface area (Å²) in [6.45, 7) is 10.8. The largest absolute Gasteiger partial charge is 0.490 e. The number of allylic oxidation sites excluding steroid dienone is 1. The van der Waals surface area contributed by atoms with Gasteiger partial charge in [-0.3, -0.25) is 9.36 Å². The van der Waals surface area contributed by atoms with Crippen molar-refractivity contribution in [2.75, 3.05) is 13.2 Å². The molecule has 240 valence electrons. The molecule has 9 heteroatoms. The number of ether oxygens (including phenoxy) is 3. The van der Waals surface area contributed by atoms with Crippen molar-refractivity contribution in [1.82, 2.24) is 4.57 Å². The molecule has 0 radical (unpaired) electrons. The Bertz CT molecular complexity index is 1910. The highest BCUT2D eigenvalue weighted by molar-refractivity contribution is 7.07. The lowest BCUT2D eigenvalue weighted by Gasteiger charge is -2.26. The summed E-state index contributed by atoms with van der Waals surface area (Å²) in [6.07, 6.45) is 3.17. The molecule has 0 saturated heterocycles. The van der Waals surface area contributed by atoms with Crippen molar-refractivity contribution in [3.8, 4) is 11.5 Å². The molecule has 2 heterocycles. The van der Waals surface area contributed by atoms with E-state index in [1.165, 1.54) is 29.0 Å². The van der Waals surface area contributed by atoms with Crippen molar-refractivity contribution >= 4 is 23.4 Å². The van der Waals surface area contributed by atoms with Gasteiger partial charge in [-0.05, 0) is 78.8 Å². The van der Waals surface area contributed by atoms with Gasteiger partial charge in [-0.15, -0.1) is 0 Å². The second-order valence-corrected chi connectivity index (χ2v) is 12.3. The average Bonchev–Trinajstić information content (AvgIpc) is 3.35. The molecule has 0 N–H and O–H groups in total. The third-order valence-corrected chi connectivity index (χ3v) is 8.67. The minimum Gasteiger partial charge on any atom is -0.490 e. The smallest absolute Gasteiger partial charge is 0.338 e. The van der Waals surface area contributed by atoms with E-state index in [0.717, 1.165) is 23.1 Å². The molecule has 0 unspecified atom stereocenters. The van der Waals surface area contributed by atoms with Gasteiger partial charge in [0.15, 0.2) is 16.3 Å². The fourth-order valence-corrected chi connectivity index (χ4v) is 6.41. The Morgan fingerprint density at radius 1 is 0.978 bits per heavy atom. The number of hydrogen-bond acceptors (Lipinski definition) is 7. The first-order valence-corrected chi connectivity index (χ1v) is 16.5. The number of nitrogens with zero attached hydrogens (tertiary/aromatic N) is 2. The zero-order valence-electron chi connectivity index (χ0n) is 26.8. The van der Waals surface area contributed by atoms with E-state index in [2.05, 4.69) is 13.8 Å². The summed E-state index contributed by atoms with van der Waals surface area (Å²) in [7, 11) is 0. The Kier molecular flexibility index (Phi) is 10.5. The summed E-state index contributed by atoms with van der Waals surface area (Å²) in [6, 6.07) is 19.0. The molecule has 3 aromatic carbocycles. The summed E-state index contributed by atoms with van der Waals surface area (Å²) in [4.78, 5) is 33.0. The Morgan fingerprint density at radius 2 is 1.72 bits per heavy atom. The average molecular weight is 643 g/mol. The molecule has 5 rings (SSSR count). The van der Waals surface area contributed by atoms with E-state index in [9.17, 15) is 14.0 Å². The Labute approximate surface area is 272 Å². The van der Waals surface area contributed by atoms with Crippen molar-refractivity contribution in [3.05, 3.63) is 126 Å². The van der Waals surface area contributed by atoms with Gasteiger partial charge in [-0.1, -0.05) is 81.0 Å². The van der Waals surface area contributed by atoms with Crippen LogP contribution in [0.3, 0.4) is 0 Å². The number of halogens is 1. The van der Waals surface area contributed by atoms with E-state index < -0.39 is 12.0 Å². The van der Waals surface area contributed by atoms with Gasteiger partial charge in [-0.2, -0.15) is 0 Å². The number of carbonyl (C=O) groups is 1. The second-order valence-electron chi connectivity index (χ2n) is 11.3. The normalized spacial score (nSPS) is 14.7. The highest BCUT2D eigenvalue weighted by atomic mass is 32.1. The molecular formula is C37H39FN2O5S. The van der Waals surface area contributed by atoms with E-state index in [-0.39, 0.29) is 24.6 Å². The fourth-order valence-electron chi connectivity index (χ4n) is 5.39. The summed E-state index contributed by atoms with van der Waals surface area (Å²) in [5, 5.41) is 0. The highest BCUT2D eigenvalue weighted by Crippen LogP contribution is 2.34. The van der Waals surface area contributed by atoms with Crippen molar-refractivity contribution in [2.45, 2.75) is 66.0 Å². The van der Waals surface area contributed by atoms with E-state index in [4.69, 9.17) is 19.2 Å². The quantitative estimate of drug-likeness (QED) is 0.159. The van der Waals surface area contributed by atoms with Crippen LogP contribution in [0.4, 0.5) is 4.39 Å². The molecule has 1 aromatic heterocycles. The van der Waals surface area contributed by atoms with Crippen LogP contribution in [0.15, 0.2) is 87.8 Å². The van der Waals surface area contributed by atoms with Gasteiger partial charge in [-0.25, -0.2) is 14.2 Å². The molecule has 0 fully saturated rings. The van der Waals surface area contributed by atoms with Crippen molar-refractivity contribution in [2.24, 2.45) is 4.99 Å². The number of hydrogen-bond donors (Lipinski definition) is 0. The van der Waals surface area contributed by atoms with Gasteiger partial charge in [0, 0.05) is 0 Å². The number of fused-ring (bicyclic) bond motifs is 1. The van der Waals surface area contributed by atoms with E-state index in [0.29, 0.717) is 51.0 Å². The standard InChI is InChI=1S/C37H39FN2O5S/c1-6-9-29-33(36(42)44-8-3)34(27-15-13-26(14-16-27)23(4)5)40-35(41)32(46-37(40)39-29)21-25-12-19-30(31(20-25)43-7-2)45-22-24-10-17-28(38)18-11-24/h10-21,23,34H,6-9,22H2,1-5H3/b32-21-/t34-/m1/s1. The molecule has 4 aromatic rings. The van der Waals surface area contributed by atoms with Crippen LogP contribution < -0.4 is 24.4 Å². The third-order valence-electron chi connectivity index (χ3n) is 7.68. The van der Waals surface area contributed by atoms with Crippen molar-refractivity contribution in [1.29, 1.82) is 0 Å². The molecule has 46 heavy (non-hydrogen) atoms. The fraction of sp³-hybridized carbons (Fsp3) is 0.324. The predicted molar refractivity (Wildman–Crippen MR) is 179 cm³/mol. The molecule has 0 aliphatic carbocycles. The lowest BCUT2D eigenvalue weighted by atomic mass is 9.92. The van der Waals surface area contributed by atoms with Crippen LogP contribution in [0.25, 0.3) is 6.08 Å². The molecule has 0 spiro atoms. The molecule has 1 atom stereocenters. The maximum atomic E-state index is 14.2. The number of carbonyl (C=O) groups excluding carboxylic acids is 1. The molecule has 7 nitrogen and oxygen atoms in total. The van der Waals surface area contributed by atoms with Crippen LogP contribution in [0.1, 0.15) is 81.7 Å². The van der Waals surface area contributed by atoms with Gasteiger partial charge in [0.2, 0.25) is 0 Å². The highest BCUT2D eigenvalue weighted by Gasteiger charge is 2.34. The third kappa shape index (κ3) is 7.15. The molecule has 0 amide bonds. The van der Waals surface area contributed by atoms with Crippen molar-refractivity contribution in [3.63, 3.8) is 0 Å². The Hall–Kier alpha value is -4.50. The van der Waals surface area contributed by atoms with E-state index in [1.54, 1.807) is 29.7 Å². The minimum absolute atomic E-state index is 0.219. The van der Waals surface area contributed by atoms with E-state index >= 15 is 0 Å². The monoisotopic (exact) mass is 642 g/mol. The SMILES string of the molecule is CCCC1=C(C(=O)OCC)[C@@H](c2ccc(C(C)C)cc2)n2c(s/c(=C\c3ccc(OCc4ccc(F)cc4)c(OCC)c3)c2=O)=N1. The van der Waals surface area contributed by atoms with Crippen LogP contribution in [0.2, 0.25) is 0 Å². The van der Waals surface area contributed by atoms with Gasteiger partial charge >= 0.3 is 5.97 Å². The summed E-state index contributed by atoms with van der Waals surface area (Å²) in [5.74, 6) is 0.650. The van der Waals surface area contributed by atoms with Crippen LogP contribution in [-0.2, 0) is 16.1 Å². The molecule has 0 bridgehead atoms. The number of rotatable bonds is 12. The van der Waals surface area contributed by atoms with Crippen molar-refractivity contribution < 1.29 is 23.4 Å². The Morgan fingerprint density at radius 3 is 2.37 bits per heavy atom. The maximum absolute atomic E-state index is 14.2. The van der Waals surface area contributed by atoms with Crippen LogP contribution in [0, 0.1) is 5.82 Å². The first kappa shape index (κ1) is 32.9. The maximum Gasteiger partial charge on any atom is 0.338 e. The zero-order chi connectivity index (χ0) is 32.8. The number of benzene rings is 3. The molecule has 0 saturated carbocycles. The molecule has 1 aliphatic rings. The second kappa shape index (κ2) is 14.7. The molecular weight excluding hydrogens is 603 g/mol. The first-order chi connectivity index (χ1) is 22.2. The van der Waals surface area contributed by atoms with Gasteiger partial charge in [0.05, 0.1) is 35.1 Å². The molecule has 1 aliphatic heterocycles. The summed E-state index contributed by atoms with van der Waals surface area (Å²) in [5.41, 5.74) is 4.38. The van der Waals surface area contributed by atoms with Gasteiger partial charge in [0.25, 0.3) is 5.56 Å². The zero-order valence-corrected chi connectivity index (χ0v) is 27.7. The van der Waals surface area contributed by atoms with E-state index in [1.807, 2.05) is 56.3 Å². The number of esters is 1. The van der Waals surface area contributed by atoms with Gasteiger partial charge in [0.1, 0.15) is 12.4 Å². The van der Waals surface area contributed by atoms with Crippen LogP contribution in [-0.4, -0.2) is 23.8 Å². The number of aromatic nitrogens is 1. The van der Waals surface area contributed by atoms with Gasteiger partial charge < -0.3 is 14.2 Å². The minimum atomic E-state index is -0.665. The lowest BCUT2D eigenvalue weighted by Crippen LogP contribution is -2.40. The topological polar surface area (TPSA) is 79.1 Å². The summed E-state index contributed by atoms with van der Waals surface area (Å²) >= 11 is 1.29. The Balaban J connectivity index is 1.58. The summed E-state index contributed by atoms with van der Waals surface area (Å²) < 4.78 is 32.8. The van der Waals surface area contributed by atoms with Crippen LogP contribution >= 0.6 is 11.3 Å². The first-order valence-electron chi connectivity index (χ1n) is 15.7. The van der Waals surface area contributed by atoms with Crippen LogP contribution in [0.5, 0.6) is 11.5 Å². The lowest BCUT2D eigenvalue weighted by molar-refractivity contribution is -0.139.